The van der Waals surface area contributed by atoms with E-state index in [1.165, 1.54) is 0 Å². The van der Waals surface area contributed by atoms with E-state index in [9.17, 15) is 9.59 Å². The van der Waals surface area contributed by atoms with Crippen LogP contribution in [0, 0.1) is 0 Å². The highest BCUT2D eigenvalue weighted by atomic mass is 32.2. The van der Waals surface area contributed by atoms with Crippen LogP contribution in [0.15, 0.2) is 0 Å². The molecule has 0 aromatic rings. The molecular formula is C10H18N2O3S. The van der Waals surface area contributed by atoms with E-state index >= 15 is 0 Å². The van der Waals surface area contributed by atoms with E-state index in [-0.39, 0.29) is 12.1 Å². The second kappa shape index (κ2) is 5.43. The Labute approximate surface area is 99.4 Å². The number of aliphatic carboxylic acids is 1. The molecule has 1 aliphatic rings. The lowest BCUT2D eigenvalue weighted by atomic mass is 10.2. The van der Waals surface area contributed by atoms with Crippen molar-refractivity contribution in [2.75, 3.05) is 12.0 Å². The number of hydrogen-bond donors (Lipinski definition) is 3. The third-order valence-electron chi connectivity index (χ3n) is 2.71. The number of carbonyl (C=O) groups excluding carboxylic acids is 1. The van der Waals surface area contributed by atoms with E-state index in [1.54, 1.807) is 11.8 Å². The van der Waals surface area contributed by atoms with Crippen LogP contribution in [0.5, 0.6) is 0 Å². The molecule has 1 rings (SSSR count). The number of carbonyl (C=O) groups is 2. The van der Waals surface area contributed by atoms with E-state index in [4.69, 9.17) is 5.11 Å². The molecule has 0 radical (unpaired) electrons. The fourth-order valence-electron chi connectivity index (χ4n) is 1.42. The standard InChI is InChI=1S/C10H18N2O3S/c1-3-7(6-16-2)11-9(15)12-10(4-5-10)8(13)14/h7H,3-6H2,1-2H3,(H,13,14)(H2,11,12,15). The smallest absolute Gasteiger partial charge is 0.329 e. The average molecular weight is 246 g/mol. The zero-order valence-corrected chi connectivity index (χ0v) is 10.4. The van der Waals surface area contributed by atoms with Crippen LogP contribution in [-0.4, -0.2) is 40.7 Å². The van der Waals surface area contributed by atoms with Gasteiger partial charge in [0, 0.05) is 11.8 Å². The van der Waals surface area contributed by atoms with E-state index in [0.29, 0.717) is 12.8 Å². The molecular weight excluding hydrogens is 228 g/mol. The molecule has 0 aromatic carbocycles. The van der Waals surface area contributed by atoms with Gasteiger partial charge in [0.15, 0.2) is 0 Å². The lowest BCUT2D eigenvalue weighted by molar-refractivity contribution is -0.140. The SMILES string of the molecule is CCC(CSC)NC(=O)NC1(C(=O)O)CC1. The zero-order valence-electron chi connectivity index (χ0n) is 9.58. The molecule has 1 atom stereocenters. The van der Waals surface area contributed by atoms with Gasteiger partial charge in [-0.15, -0.1) is 0 Å². The minimum atomic E-state index is -0.998. The first-order valence-electron chi connectivity index (χ1n) is 5.35. The minimum absolute atomic E-state index is 0.0968. The summed E-state index contributed by atoms with van der Waals surface area (Å²) < 4.78 is 0. The molecule has 16 heavy (non-hydrogen) atoms. The van der Waals surface area contributed by atoms with Gasteiger partial charge in [0.25, 0.3) is 0 Å². The first kappa shape index (κ1) is 13.2. The molecule has 1 saturated carbocycles. The summed E-state index contributed by atoms with van der Waals surface area (Å²) >= 11 is 1.66. The van der Waals surface area contributed by atoms with E-state index in [2.05, 4.69) is 10.6 Å². The van der Waals surface area contributed by atoms with Crippen LogP contribution in [-0.2, 0) is 4.79 Å². The predicted octanol–water partition coefficient (Wildman–Crippen LogP) is 1.04. The number of carboxylic acids is 1. The molecule has 0 aliphatic heterocycles. The van der Waals surface area contributed by atoms with Crippen molar-refractivity contribution in [2.24, 2.45) is 0 Å². The molecule has 1 unspecified atom stereocenters. The Morgan fingerprint density at radius 2 is 2.12 bits per heavy atom. The topological polar surface area (TPSA) is 78.4 Å². The van der Waals surface area contributed by atoms with Crippen molar-refractivity contribution in [2.45, 2.75) is 37.8 Å². The third-order valence-corrected chi connectivity index (χ3v) is 3.44. The number of rotatable bonds is 6. The van der Waals surface area contributed by atoms with Crippen LogP contribution < -0.4 is 10.6 Å². The highest BCUT2D eigenvalue weighted by molar-refractivity contribution is 7.98. The van der Waals surface area contributed by atoms with E-state index in [1.807, 2.05) is 13.2 Å². The quantitative estimate of drug-likeness (QED) is 0.654. The Kier molecular flexibility index (Phi) is 4.46. The van der Waals surface area contributed by atoms with Gasteiger partial charge in [-0.1, -0.05) is 6.92 Å². The van der Waals surface area contributed by atoms with Crippen molar-refractivity contribution in [1.29, 1.82) is 0 Å². The number of amides is 2. The van der Waals surface area contributed by atoms with Crippen molar-refractivity contribution in [3.05, 3.63) is 0 Å². The second-order valence-electron chi connectivity index (χ2n) is 4.05. The Hall–Kier alpha value is -0.910. The van der Waals surface area contributed by atoms with Gasteiger partial charge < -0.3 is 15.7 Å². The maximum atomic E-state index is 11.6. The van der Waals surface area contributed by atoms with E-state index < -0.39 is 11.5 Å². The van der Waals surface area contributed by atoms with Gasteiger partial charge in [-0.25, -0.2) is 9.59 Å². The molecule has 6 heteroatoms. The van der Waals surface area contributed by atoms with Crippen molar-refractivity contribution < 1.29 is 14.7 Å². The third kappa shape index (κ3) is 3.30. The van der Waals surface area contributed by atoms with Gasteiger partial charge in [0.1, 0.15) is 5.54 Å². The van der Waals surface area contributed by atoms with Crippen LogP contribution in [0.3, 0.4) is 0 Å². The molecule has 3 N–H and O–H groups in total. The molecule has 0 saturated heterocycles. The van der Waals surface area contributed by atoms with Crippen LogP contribution in [0.25, 0.3) is 0 Å². The monoisotopic (exact) mass is 246 g/mol. The maximum absolute atomic E-state index is 11.6. The summed E-state index contributed by atoms with van der Waals surface area (Å²) in [6.07, 6.45) is 3.86. The highest BCUT2D eigenvalue weighted by Gasteiger charge is 2.51. The van der Waals surface area contributed by atoms with Crippen molar-refractivity contribution in [3.63, 3.8) is 0 Å². The molecule has 1 fully saturated rings. The van der Waals surface area contributed by atoms with Crippen LogP contribution in [0.1, 0.15) is 26.2 Å². The number of urea groups is 1. The summed E-state index contributed by atoms with van der Waals surface area (Å²) in [5, 5.41) is 14.2. The predicted molar refractivity (Wildman–Crippen MR) is 63.7 cm³/mol. The van der Waals surface area contributed by atoms with Gasteiger partial charge in [-0.05, 0) is 25.5 Å². The number of thioether (sulfide) groups is 1. The largest absolute Gasteiger partial charge is 0.480 e. The van der Waals surface area contributed by atoms with Crippen LogP contribution in [0.4, 0.5) is 4.79 Å². The molecule has 5 nitrogen and oxygen atoms in total. The lowest BCUT2D eigenvalue weighted by Gasteiger charge is -2.18. The van der Waals surface area contributed by atoms with E-state index in [0.717, 1.165) is 12.2 Å². The minimum Gasteiger partial charge on any atom is -0.480 e. The Bertz CT molecular complexity index is 279. The van der Waals surface area contributed by atoms with Gasteiger partial charge in [0.2, 0.25) is 0 Å². The Balaban J connectivity index is 2.38. The summed E-state index contributed by atoms with van der Waals surface area (Å²) in [5.74, 6) is -0.107. The lowest BCUT2D eigenvalue weighted by Crippen LogP contribution is -2.51. The molecule has 0 bridgehead atoms. The van der Waals surface area contributed by atoms with Crippen molar-refractivity contribution in [3.8, 4) is 0 Å². The Morgan fingerprint density at radius 1 is 1.50 bits per heavy atom. The van der Waals surface area contributed by atoms with Crippen LogP contribution in [0.2, 0.25) is 0 Å². The normalized spacial score (nSPS) is 18.6. The number of nitrogens with one attached hydrogen (secondary N) is 2. The second-order valence-corrected chi connectivity index (χ2v) is 4.96. The van der Waals surface area contributed by atoms with Crippen molar-refractivity contribution in [1.82, 2.24) is 10.6 Å². The molecule has 0 heterocycles. The van der Waals surface area contributed by atoms with Gasteiger partial charge in [0.05, 0.1) is 0 Å². The molecule has 0 spiro atoms. The molecule has 2 amide bonds. The first-order valence-corrected chi connectivity index (χ1v) is 6.74. The van der Waals surface area contributed by atoms with Crippen LogP contribution >= 0.6 is 11.8 Å². The molecule has 1 aliphatic carbocycles. The summed E-state index contributed by atoms with van der Waals surface area (Å²) in [5.41, 5.74) is -0.998. The summed E-state index contributed by atoms with van der Waals surface area (Å²) in [4.78, 5) is 22.4. The fourth-order valence-corrected chi connectivity index (χ4v) is 2.14. The zero-order chi connectivity index (χ0) is 12.2. The van der Waals surface area contributed by atoms with Gasteiger partial charge in [-0.3, -0.25) is 0 Å². The maximum Gasteiger partial charge on any atom is 0.329 e. The van der Waals surface area contributed by atoms with Gasteiger partial charge in [-0.2, -0.15) is 11.8 Å². The van der Waals surface area contributed by atoms with Crippen molar-refractivity contribution >= 4 is 23.8 Å². The number of carboxylic acid groups (broad SMARTS) is 1. The summed E-state index contributed by atoms with van der Waals surface area (Å²) in [6, 6.07) is -0.277. The first-order chi connectivity index (χ1) is 7.54. The average Bonchev–Trinajstić information content (AvgIpc) is 2.98. The molecule has 0 aromatic heterocycles. The Morgan fingerprint density at radius 3 is 2.50 bits per heavy atom. The molecule has 92 valence electrons. The highest BCUT2D eigenvalue weighted by Crippen LogP contribution is 2.35. The fraction of sp³-hybridized carbons (Fsp3) is 0.800. The summed E-state index contributed by atoms with van der Waals surface area (Å²) in [7, 11) is 0. The van der Waals surface area contributed by atoms with Gasteiger partial charge >= 0.3 is 12.0 Å². The summed E-state index contributed by atoms with van der Waals surface area (Å²) in [6.45, 7) is 1.99. The number of hydrogen-bond acceptors (Lipinski definition) is 3.